The summed E-state index contributed by atoms with van der Waals surface area (Å²) >= 11 is 0. The number of sulfonamides is 1. The second kappa shape index (κ2) is 7.05. The van der Waals surface area contributed by atoms with Gasteiger partial charge in [-0.2, -0.15) is 0 Å². The maximum atomic E-state index is 13.1. The third-order valence-electron chi connectivity index (χ3n) is 6.53. The number of phenols is 1. The monoisotopic (exact) mass is 427 g/mol. The molecule has 0 amide bonds. The highest BCUT2D eigenvalue weighted by molar-refractivity contribution is 7.92. The minimum Gasteiger partial charge on any atom is -0.507 e. The molecule has 0 aromatic heterocycles. The first kappa shape index (κ1) is 20.8. The number of aryl methyl sites for hydroxylation is 1. The van der Waals surface area contributed by atoms with E-state index in [1.54, 1.807) is 30.3 Å². The van der Waals surface area contributed by atoms with E-state index in [1.807, 2.05) is 6.92 Å². The zero-order valence-corrected chi connectivity index (χ0v) is 19.0. The molecular formula is C24H29NO4S. The van der Waals surface area contributed by atoms with Gasteiger partial charge in [-0.25, -0.2) is 8.42 Å². The summed E-state index contributed by atoms with van der Waals surface area (Å²) in [5.41, 5.74) is 3.06. The third kappa shape index (κ3) is 3.37. The first-order valence-corrected chi connectivity index (χ1v) is 11.7. The molecule has 30 heavy (non-hydrogen) atoms. The van der Waals surface area contributed by atoms with Crippen molar-refractivity contribution in [1.29, 1.82) is 0 Å². The second-order valence-electron chi connectivity index (χ2n) is 9.07. The molecule has 0 saturated carbocycles. The van der Waals surface area contributed by atoms with Crippen LogP contribution in [0.2, 0.25) is 0 Å². The fraction of sp³-hybridized carbons (Fsp3) is 0.417. The molecule has 4 rings (SSSR count). The molecule has 2 atom stereocenters. The first-order chi connectivity index (χ1) is 14.0. The van der Waals surface area contributed by atoms with Gasteiger partial charge in [0.15, 0.2) is 0 Å². The summed E-state index contributed by atoms with van der Waals surface area (Å²) in [6, 6.07) is 10.0. The van der Waals surface area contributed by atoms with Crippen molar-refractivity contribution in [2.45, 2.75) is 57.0 Å². The largest absolute Gasteiger partial charge is 0.507 e. The van der Waals surface area contributed by atoms with Gasteiger partial charge in [0, 0.05) is 36.6 Å². The number of anilines is 1. The lowest BCUT2D eigenvalue weighted by Crippen LogP contribution is -2.45. The van der Waals surface area contributed by atoms with Crippen molar-refractivity contribution in [3.05, 3.63) is 59.2 Å². The van der Waals surface area contributed by atoms with Crippen molar-refractivity contribution < 1.29 is 18.3 Å². The van der Waals surface area contributed by atoms with Crippen LogP contribution in [0.3, 0.4) is 0 Å². The van der Waals surface area contributed by atoms with Crippen molar-refractivity contribution >= 4 is 15.7 Å². The van der Waals surface area contributed by atoms with Crippen LogP contribution in [0.4, 0.5) is 5.69 Å². The van der Waals surface area contributed by atoms with Crippen molar-refractivity contribution in [1.82, 2.24) is 0 Å². The van der Waals surface area contributed by atoms with Crippen molar-refractivity contribution in [2.75, 3.05) is 11.4 Å². The zero-order chi connectivity index (χ0) is 21.8. The van der Waals surface area contributed by atoms with Crippen molar-refractivity contribution in [3.8, 4) is 11.5 Å². The normalized spacial score (nSPS) is 22.4. The van der Waals surface area contributed by atoms with Crippen LogP contribution in [0.5, 0.6) is 11.5 Å². The standard InChI is InChI=1S/C24H29NO4S/c1-15-6-9-18(10-7-15)30(27,28)25(5)17-13-21(26)23-19-12-16(2)8-11-20(19)24(3,4)29-22(23)14-17/h6-10,13-14,19-20,26H,11-12H2,1-5H3/t19-,20-/m1/s1. The predicted octanol–water partition coefficient (Wildman–Crippen LogP) is 5.14. The van der Waals surface area contributed by atoms with Crippen LogP contribution in [0.1, 0.15) is 50.7 Å². The number of fused-ring (bicyclic) bond motifs is 3. The van der Waals surface area contributed by atoms with E-state index >= 15 is 0 Å². The Bertz CT molecular complexity index is 1120. The molecule has 2 aromatic rings. The Balaban J connectivity index is 1.77. The molecule has 160 valence electrons. The summed E-state index contributed by atoms with van der Waals surface area (Å²) < 4.78 is 33.8. The predicted molar refractivity (Wildman–Crippen MR) is 119 cm³/mol. The van der Waals surface area contributed by atoms with Gasteiger partial charge < -0.3 is 9.84 Å². The van der Waals surface area contributed by atoms with Crippen LogP contribution in [0.15, 0.2) is 52.9 Å². The first-order valence-electron chi connectivity index (χ1n) is 10.3. The average molecular weight is 428 g/mol. The van der Waals surface area contributed by atoms with Crippen LogP contribution in [0, 0.1) is 12.8 Å². The molecule has 1 aliphatic carbocycles. The molecule has 0 bridgehead atoms. The van der Waals surface area contributed by atoms with E-state index in [4.69, 9.17) is 4.74 Å². The molecule has 0 radical (unpaired) electrons. The van der Waals surface area contributed by atoms with E-state index in [0.29, 0.717) is 11.4 Å². The van der Waals surface area contributed by atoms with E-state index in [2.05, 4.69) is 26.8 Å². The number of allylic oxidation sites excluding steroid dienone is 2. The maximum absolute atomic E-state index is 13.1. The van der Waals surface area contributed by atoms with Crippen molar-refractivity contribution in [3.63, 3.8) is 0 Å². The fourth-order valence-electron chi connectivity index (χ4n) is 4.74. The number of hydrogen-bond acceptors (Lipinski definition) is 4. The molecular weight excluding hydrogens is 398 g/mol. The molecule has 0 saturated heterocycles. The molecule has 2 aliphatic rings. The topological polar surface area (TPSA) is 66.8 Å². The summed E-state index contributed by atoms with van der Waals surface area (Å²) in [6.45, 7) is 8.17. The Kier molecular flexibility index (Phi) is 4.88. The molecule has 2 aromatic carbocycles. The Morgan fingerprint density at radius 1 is 1.13 bits per heavy atom. The summed E-state index contributed by atoms with van der Waals surface area (Å²) in [5, 5.41) is 10.9. The Morgan fingerprint density at radius 3 is 2.47 bits per heavy atom. The molecule has 5 nitrogen and oxygen atoms in total. The molecule has 1 heterocycles. The number of aromatic hydroxyl groups is 1. The summed E-state index contributed by atoms with van der Waals surface area (Å²) in [5.74, 6) is 1.08. The lowest BCUT2D eigenvalue weighted by atomic mass is 9.67. The van der Waals surface area contributed by atoms with E-state index < -0.39 is 15.6 Å². The molecule has 0 fully saturated rings. The number of phenolic OH excluding ortho intramolecular Hbond substituents is 1. The molecule has 0 spiro atoms. The number of ether oxygens (including phenoxy) is 1. The third-order valence-corrected chi connectivity index (χ3v) is 8.33. The van der Waals surface area contributed by atoms with E-state index in [-0.39, 0.29) is 22.5 Å². The van der Waals surface area contributed by atoms with Crippen LogP contribution in [-0.4, -0.2) is 26.2 Å². The summed E-state index contributed by atoms with van der Waals surface area (Å²) in [4.78, 5) is 0.210. The van der Waals surface area contributed by atoms with Gasteiger partial charge in [0.25, 0.3) is 10.0 Å². The Morgan fingerprint density at radius 2 is 1.80 bits per heavy atom. The molecule has 6 heteroatoms. The van der Waals surface area contributed by atoms with Gasteiger partial charge >= 0.3 is 0 Å². The van der Waals surface area contributed by atoms with Crippen LogP contribution < -0.4 is 9.04 Å². The van der Waals surface area contributed by atoms with Gasteiger partial charge in [-0.05, 0) is 52.7 Å². The van der Waals surface area contributed by atoms with Gasteiger partial charge in [0.2, 0.25) is 0 Å². The van der Waals surface area contributed by atoms with E-state index in [1.165, 1.54) is 23.0 Å². The van der Waals surface area contributed by atoms with Crippen LogP contribution in [-0.2, 0) is 10.0 Å². The van der Waals surface area contributed by atoms with Crippen LogP contribution in [0.25, 0.3) is 0 Å². The zero-order valence-electron chi connectivity index (χ0n) is 18.1. The second-order valence-corrected chi connectivity index (χ2v) is 11.0. The minimum absolute atomic E-state index is 0.0913. The number of hydrogen-bond donors (Lipinski definition) is 1. The summed E-state index contributed by atoms with van der Waals surface area (Å²) in [7, 11) is -2.25. The lowest BCUT2D eigenvalue weighted by Gasteiger charge is -2.47. The smallest absolute Gasteiger partial charge is 0.264 e. The highest BCUT2D eigenvalue weighted by Crippen LogP contribution is 2.54. The van der Waals surface area contributed by atoms with Gasteiger partial charge in [-0.3, -0.25) is 4.31 Å². The Labute approximate surface area is 179 Å². The molecule has 1 N–H and O–H groups in total. The Hall–Kier alpha value is -2.47. The van der Waals surface area contributed by atoms with Gasteiger partial charge in [-0.15, -0.1) is 0 Å². The van der Waals surface area contributed by atoms with Crippen LogP contribution >= 0.6 is 0 Å². The average Bonchev–Trinajstić information content (AvgIpc) is 2.66. The minimum atomic E-state index is -3.76. The SMILES string of the molecule is CC1=CC[C@@H]2[C@@H](C1)c1c(O)cc(N(C)S(=O)(=O)c3ccc(C)cc3)cc1OC2(C)C. The summed E-state index contributed by atoms with van der Waals surface area (Å²) in [6.07, 6.45) is 4.03. The number of nitrogens with zero attached hydrogens (tertiary/aromatic N) is 1. The maximum Gasteiger partial charge on any atom is 0.264 e. The molecule has 1 aliphatic heterocycles. The fourth-order valence-corrected chi connectivity index (χ4v) is 5.92. The van der Waals surface area contributed by atoms with Gasteiger partial charge in [0.1, 0.15) is 17.1 Å². The van der Waals surface area contributed by atoms with Crippen molar-refractivity contribution in [2.24, 2.45) is 5.92 Å². The number of rotatable bonds is 3. The highest BCUT2D eigenvalue weighted by atomic mass is 32.2. The number of benzene rings is 2. The van der Waals surface area contributed by atoms with E-state index in [0.717, 1.165) is 24.0 Å². The highest BCUT2D eigenvalue weighted by Gasteiger charge is 2.46. The molecule has 0 unspecified atom stereocenters. The van der Waals surface area contributed by atoms with E-state index in [9.17, 15) is 13.5 Å². The lowest BCUT2D eigenvalue weighted by molar-refractivity contribution is 0.00769. The van der Waals surface area contributed by atoms with Gasteiger partial charge in [-0.1, -0.05) is 29.3 Å². The quantitative estimate of drug-likeness (QED) is 0.689. The van der Waals surface area contributed by atoms with Gasteiger partial charge in [0.05, 0.1) is 10.6 Å².